The van der Waals surface area contributed by atoms with Crippen LogP contribution >= 0.6 is 0 Å². The second-order valence-electron chi connectivity index (χ2n) is 7.10. The fourth-order valence-electron chi connectivity index (χ4n) is 3.59. The Morgan fingerprint density at radius 3 is 2.32 bits per heavy atom. The largest absolute Gasteiger partial charge is 0.447 e. The van der Waals surface area contributed by atoms with E-state index in [9.17, 15) is 14.4 Å². The Morgan fingerprint density at radius 2 is 1.55 bits per heavy atom. The van der Waals surface area contributed by atoms with E-state index in [0.717, 1.165) is 27.4 Å². The van der Waals surface area contributed by atoms with Crippen molar-refractivity contribution in [1.82, 2.24) is 10.6 Å². The molecular weight excluding hydrogens is 398 g/mol. The third kappa shape index (κ3) is 3.97. The number of furan rings is 1. The maximum atomic E-state index is 12.3. The summed E-state index contributed by atoms with van der Waals surface area (Å²) < 4.78 is 8.21. The number of aromatic nitrogens is 1. The molecule has 158 valence electrons. The molecule has 0 aliphatic heterocycles. The summed E-state index contributed by atoms with van der Waals surface area (Å²) in [4.78, 5) is 34.6. The quantitative estimate of drug-likeness (QED) is 0.327. The number of para-hydroxylation sites is 2. The van der Waals surface area contributed by atoms with Crippen molar-refractivity contribution in [2.45, 2.75) is 0 Å². The Morgan fingerprint density at radius 1 is 0.903 bits per heavy atom. The van der Waals surface area contributed by atoms with Gasteiger partial charge in [-0.3, -0.25) is 14.4 Å². The van der Waals surface area contributed by atoms with Crippen LogP contribution in [0.3, 0.4) is 0 Å². The molecule has 9 heteroatoms. The number of hydrogen-bond donors (Lipinski definition) is 4. The average molecular weight is 420 g/mol. The average Bonchev–Trinajstić information content (AvgIpc) is 3.16. The van der Waals surface area contributed by atoms with Gasteiger partial charge in [-0.2, -0.15) is 4.57 Å². The monoisotopic (exact) mass is 420 g/mol. The summed E-state index contributed by atoms with van der Waals surface area (Å²) in [5, 5.41) is 9.87. The normalized spacial score (nSPS) is 11.0. The van der Waals surface area contributed by atoms with Crippen LogP contribution in [0.1, 0.15) is 0 Å². The smallest absolute Gasteiger partial charge is 0.261 e. The molecule has 0 radical (unpaired) electrons. The number of nitrogens with two attached hydrogens (primary N) is 1. The van der Waals surface area contributed by atoms with Crippen molar-refractivity contribution in [2.75, 3.05) is 25.0 Å². The Hall–Kier alpha value is -4.14. The van der Waals surface area contributed by atoms with Crippen LogP contribution in [0.15, 0.2) is 52.9 Å². The van der Waals surface area contributed by atoms with Gasteiger partial charge in [-0.15, -0.1) is 0 Å². The van der Waals surface area contributed by atoms with Crippen molar-refractivity contribution < 1.29 is 23.4 Å². The highest BCUT2D eigenvalue weighted by Crippen LogP contribution is 2.35. The second-order valence-corrected chi connectivity index (χ2v) is 7.10. The van der Waals surface area contributed by atoms with Crippen LogP contribution in [-0.2, 0) is 21.4 Å². The lowest BCUT2D eigenvalue weighted by atomic mass is 10.1. The molecule has 31 heavy (non-hydrogen) atoms. The summed E-state index contributed by atoms with van der Waals surface area (Å²) >= 11 is 0. The van der Waals surface area contributed by atoms with Crippen molar-refractivity contribution in [2.24, 2.45) is 12.8 Å². The number of pyridine rings is 1. The molecule has 0 fully saturated rings. The highest BCUT2D eigenvalue weighted by atomic mass is 16.3. The number of amides is 3. The molecule has 0 spiro atoms. The van der Waals surface area contributed by atoms with E-state index in [1.54, 1.807) is 0 Å². The topological polar surface area (TPSA) is 130 Å². The van der Waals surface area contributed by atoms with Gasteiger partial charge in [0.2, 0.25) is 28.8 Å². The number of anilines is 1. The fourth-order valence-corrected chi connectivity index (χ4v) is 3.59. The van der Waals surface area contributed by atoms with E-state index in [1.165, 1.54) is 0 Å². The molecule has 0 bridgehead atoms. The zero-order chi connectivity index (χ0) is 22.0. The molecule has 0 atom stereocenters. The van der Waals surface area contributed by atoms with Gasteiger partial charge in [-0.1, -0.05) is 24.3 Å². The number of hydrogen-bond acceptors (Lipinski definition) is 5. The number of benzene rings is 2. The fraction of sp³-hybridized carbons (Fsp3) is 0.182. The third-order valence-electron chi connectivity index (χ3n) is 5.00. The maximum absolute atomic E-state index is 12.3. The number of aryl methyl sites for hydroxylation is 1. The standard InChI is InChI=1S/C22H21N5O4/c1-27-15-8-4-2-6-13(15)20(22-21(27)14-7-3-5-9-16(14)31-22)26-12-19(30)25-11-18(29)24-10-17(23)28/h2-9H,10-12H2,1H3,(H4,23,24,25,28,29,30)/p+1. The van der Waals surface area contributed by atoms with Gasteiger partial charge in [0.15, 0.2) is 0 Å². The van der Waals surface area contributed by atoms with Crippen LogP contribution in [-0.4, -0.2) is 37.4 Å². The molecule has 4 rings (SSSR count). The highest BCUT2D eigenvalue weighted by Gasteiger charge is 2.24. The van der Waals surface area contributed by atoms with Crippen molar-refractivity contribution in [3.05, 3.63) is 48.5 Å². The molecule has 2 heterocycles. The van der Waals surface area contributed by atoms with Gasteiger partial charge in [-0.25, -0.2) is 0 Å². The van der Waals surface area contributed by atoms with Crippen molar-refractivity contribution in [3.8, 4) is 0 Å². The molecule has 0 saturated carbocycles. The minimum Gasteiger partial charge on any atom is -0.447 e. The number of carbonyl (C=O) groups excluding carboxylic acids is 3. The van der Waals surface area contributed by atoms with E-state index in [4.69, 9.17) is 10.2 Å². The Labute approximate surface area is 177 Å². The van der Waals surface area contributed by atoms with Gasteiger partial charge >= 0.3 is 0 Å². The maximum Gasteiger partial charge on any atom is 0.261 e. The molecule has 2 aromatic carbocycles. The number of nitrogens with one attached hydrogen (secondary N) is 3. The predicted molar refractivity (Wildman–Crippen MR) is 116 cm³/mol. The highest BCUT2D eigenvalue weighted by molar-refractivity contribution is 6.11. The van der Waals surface area contributed by atoms with E-state index in [0.29, 0.717) is 11.3 Å². The SMILES string of the molecule is C[n+]1c2ccccc2c(NCC(=O)NCC(=O)NCC(N)=O)c2oc3ccccc3c21. The Kier molecular flexibility index (Phi) is 5.40. The van der Waals surface area contributed by atoms with Crippen LogP contribution in [0, 0.1) is 0 Å². The summed E-state index contributed by atoms with van der Waals surface area (Å²) in [5.74, 6) is -1.53. The first kappa shape index (κ1) is 20.1. The first-order valence-corrected chi connectivity index (χ1v) is 9.73. The van der Waals surface area contributed by atoms with E-state index >= 15 is 0 Å². The van der Waals surface area contributed by atoms with Crippen LogP contribution in [0.2, 0.25) is 0 Å². The van der Waals surface area contributed by atoms with E-state index in [2.05, 4.69) is 20.5 Å². The van der Waals surface area contributed by atoms with E-state index in [-0.39, 0.29) is 25.5 Å². The number of primary amides is 1. The van der Waals surface area contributed by atoms with Gasteiger partial charge < -0.3 is 26.1 Å². The summed E-state index contributed by atoms with van der Waals surface area (Å²) in [6.07, 6.45) is 0. The van der Waals surface area contributed by atoms with Crippen LogP contribution < -0.4 is 26.3 Å². The molecule has 2 aromatic heterocycles. The van der Waals surface area contributed by atoms with Gasteiger partial charge in [0, 0.05) is 6.07 Å². The lowest BCUT2D eigenvalue weighted by Crippen LogP contribution is -2.42. The van der Waals surface area contributed by atoms with E-state index in [1.807, 2.05) is 55.6 Å². The van der Waals surface area contributed by atoms with Crippen molar-refractivity contribution in [3.63, 3.8) is 0 Å². The molecule has 0 unspecified atom stereocenters. The Bertz CT molecular complexity index is 1330. The van der Waals surface area contributed by atoms with Crippen LogP contribution in [0.25, 0.3) is 33.0 Å². The lowest BCUT2D eigenvalue weighted by molar-refractivity contribution is -0.616. The number of carbonyl (C=O) groups is 3. The molecule has 9 nitrogen and oxygen atoms in total. The van der Waals surface area contributed by atoms with Gasteiger partial charge in [0.1, 0.15) is 12.6 Å². The summed E-state index contributed by atoms with van der Waals surface area (Å²) in [5.41, 5.74) is 8.98. The molecule has 3 amide bonds. The molecule has 4 aromatic rings. The molecule has 5 N–H and O–H groups in total. The van der Waals surface area contributed by atoms with E-state index < -0.39 is 11.8 Å². The molecule has 0 aliphatic carbocycles. The minimum atomic E-state index is -0.652. The lowest BCUT2D eigenvalue weighted by Gasteiger charge is -2.10. The summed E-state index contributed by atoms with van der Waals surface area (Å²) in [7, 11) is 1.98. The number of nitrogens with zero attached hydrogens (tertiary/aromatic N) is 1. The first-order chi connectivity index (χ1) is 15.0. The molecule has 0 aliphatic rings. The van der Waals surface area contributed by atoms with Gasteiger partial charge in [0.25, 0.3) is 5.52 Å². The Balaban J connectivity index is 1.61. The number of rotatable bonds is 7. The summed E-state index contributed by atoms with van der Waals surface area (Å²) in [6.45, 7) is -0.588. The predicted octanol–water partition coefficient (Wildman–Crippen LogP) is 0.693. The van der Waals surface area contributed by atoms with Gasteiger partial charge in [-0.05, 0) is 18.2 Å². The van der Waals surface area contributed by atoms with Crippen molar-refractivity contribution >= 4 is 56.4 Å². The summed E-state index contributed by atoms with van der Waals surface area (Å²) in [6, 6.07) is 15.6. The van der Waals surface area contributed by atoms with Crippen LogP contribution in [0.4, 0.5) is 5.69 Å². The molecule has 0 saturated heterocycles. The molecular formula is C22H22N5O4+. The third-order valence-corrected chi connectivity index (χ3v) is 5.00. The number of fused-ring (bicyclic) bond motifs is 4. The minimum absolute atomic E-state index is 0.0625. The second kappa shape index (κ2) is 8.31. The zero-order valence-electron chi connectivity index (χ0n) is 16.9. The van der Waals surface area contributed by atoms with Crippen molar-refractivity contribution in [1.29, 1.82) is 0 Å². The zero-order valence-corrected chi connectivity index (χ0v) is 16.9. The van der Waals surface area contributed by atoms with Gasteiger partial charge in [0.05, 0.1) is 36.1 Å². The van der Waals surface area contributed by atoms with Crippen LogP contribution in [0.5, 0.6) is 0 Å². The first-order valence-electron chi connectivity index (χ1n) is 9.73.